The van der Waals surface area contributed by atoms with Crippen LogP contribution in [0.5, 0.6) is 11.5 Å². The molecule has 6 nitrogen and oxygen atoms in total. The summed E-state index contributed by atoms with van der Waals surface area (Å²) in [6.07, 6.45) is 1.06. The Kier molecular flexibility index (Phi) is 4.93. The highest BCUT2D eigenvalue weighted by Gasteiger charge is 2.09. The highest BCUT2D eigenvalue weighted by atomic mass is 16.5. The molecule has 0 spiro atoms. The van der Waals surface area contributed by atoms with E-state index >= 15 is 0 Å². The van der Waals surface area contributed by atoms with Crippen LogP contribution >= 0.6 is 0 Å². The van der Waals surface area contributed by atoms with Gasteiger partial charge >= 0.3 is 5.97 Å². The summed E-state index contributed by atoms with van der Waals surface area (Å²) in [6, 6.07) is 4.53. The summed E-state index contributed by atoms with van der Waals surface area (Å²) < 4.78 is 10.5. The first-order valence-corrected chi connectivity index (χ1v) is 5.44. The summed E-state index contributed by atoms with van der Waals surface area (Å²) in [6.45, 7) is 1.75. The molecule has 0 aliphatic rings. The van der Waals surface area contributed by atoms with Gasteiger partial charge in [0.15, 0.2) is 11.5 Å². The van der Waals surface area contributed by atoms with Crippen molar-refractivity contribution in [2.24, 2.45) is 5.73 Å². The maximum atomic E-state index is 11.0. The Bertz CT molecular complexity index is 522. The molecule has 0 heterocycles. The largest absolute Gasteiger partial charge is 0.493 e. The second kappa shape index (κ2) is 6.44. The minimum Gasteiger partial charge on any atom is -0.493 e. The number of primary amides is 1. The number of amides is 1. The van der Waals surface area contributed by atoms with Crippen LogP contribution in [0.15, 0.2) is 29.8 Å². The maximum Gasteiger partial charge on any atom is 0.328 e. The maximum absolute atomic E-state index is 11.0. The van der Waals surface area contributed by atoms with Gasteiger partial charge in [-0.1, -0.05) is 0 Å². The molecule has 0 bridgehead atoms. The zero-order chi connectivity index (χ0) is 14.4. The number of carboxylic acids is 1. The van der Waals surface area contributed by atoms with E-state index in [0.29, 0.717) is 22.6 Å². The molecule has 0 atom stereocenters. The van der Waals surface area contributed by atoms with E-state index in [1.165, 1.54) is 19.2 Å². The Hall–Kier alpha value is -2.50. The van der Waals surface area contributed by atoms with Gasteiger partial charge < -0.3 is 20.3 Å². The number of carbonyl (C=O) groups is 2. The smallest absolute Gasteiger partial charge is 0.328 e. The van der Waals surface area contributed by atoms with Gasteiger partial charge in [-0.2, -0.15) is 0 Å². The average Bonchev–Trinajstić information content (AvgIpc) is 2.35. The lowest BCUT2D eigenvalue weighted by atomic mass is 10.2. The Balaban J connectivity index is 2.84. The van der Waals surface area contributed by atoms with Gasteiger partial charge in [0.25, 0.3) is 0 Å². The number of ether oxygens (including phenoxy) is 2. The summed E-state index contributed by atoms with van der Waals surface area (Å²) >= 11 is 0. The number of nitrogens with two attached hydrogens (primary N) is 1. The third-order valence-corrected chi connectivity index (χ3v) is 2.27. The number of methoxy groups -OCH3 is 1. The van der Waals surface area contributed by atoms with Crippen LogP contribution in [0, 0.1) is 0 Å². The van der Waals surface area contributed by atoms with Gasteiger partial charge in [0.05, 0.1) is 7.11 Å². The molecule has 1 aromatic carbocycles. The van der Waals surface area contributed by atoms with Crippen molar-refractivity contribution in [2.75, 3.05) is 13.7 Å². The first kappa shape index (κ1) is 14.6. The minimum atomic E-state index is -1.03. The van der Waals surface area contributed by atoms with Gasteiger partial charge in [-0.05, 0) is 30.7 Å². The molecule has 0 fully saturated rings. The SMILES string of the molecule is COc1cc(C(N)=O)ccc1OCC(C)=CC(=O)O. The average molecular weight is 265 g/mol. The van der Waals surface area contributed by atoms with Crippen LogP contribution in [0.25, 0.3) is 0 Å². The molecule has 1 amide bonds. The van der Waals surface area contributed by atoms with E-state index in [1.54, 1.807) is 13.0 Å². The van der Waals surface area contributed by atoms with Crippen LogP contribution in [0.2, 0.25) is 0 Å². The lowest BCUT2D eigenvalue weighted by Crippen LogP contribution is -2.11. The summed E-state index contributed by atoms with van der Waals surface area (Å²) in [5, 5.41) is 8.57. The molecule has 3 N–H and O–H groups in total. The molecule has 1 rings (SSSR count). The Morgan fingerprint density at radius 1 is 1.37 bits per heavy atom. The lowest BCUT2D eigenvalue weighted by molar-refractivity contribution is -0.131. The van der Waals surface area contributed by atoms with Crippen LogP contribution < -0.4 is 15.2 Å². The number of aliphatic carboxylic acids is 1. The quantitative estimate of drug-likeness (QED) is 0.753. The molecule has 1 aromatic rings. The predicted octanol–water partition coefficient (Wildman–Crippen LogP) is 1.20. The van der Waals surface area contributed by atoms with E-state index in [-0.39, 0.29) is 6.61 Å². The van der Waals surface area contributed by atoms with E-state index in [4.69, 9.17) is 20.3 Å². The summed E-state index contributed by atoms with van der Waals surface area (Å²) in [5.41, 5.74) is 6.01. The second-order valence-corrected chi connectivity index (χ2v) is 3.85. The second-order valence-electron chi connectivity index (χ2n) is 3.85. The van der Waals surface area contributed by atoms with Crippen molar-refractivity contribution in [2.45, 2.75) is 6.92 Å². The van der Waals surface area contributed by atoms with Crippen molar-refractivity contribution in [3.05, 3.63) is 35.4 Å². The molecule has 0 aliphatic heterocycles. The Labute approximate surface area is 110 Å². The fraction of sp³-hybridized carbons (Fsp3) is 0.231. The third kappa shape index (κ3) is 4.34. The molecule has 0 aliphatic carbocycles. The summed E-state index contributed by atoms with van der Waals surface area (Å²) in [7, 11) is 1.44. The first-order valence-electron chi connectivity index (χ1n) is 5.44. The van der Waals surface area contributed by atoms with Crippen LogP contribution in [0.4, 0.5) is 0 Å². The Morgan fingerprint density at radius 2 is 2.05 bits per heavy atom. The van der Waals surface area contributed by atoms with Crippen molar-refractivity contribution in [3.63, 3.8) is 0 Å². The number of carboxylic acid groups (broad SMARTS) is 1. The van der Waals surface area contributed by atoms with Crippen molar-refractivity contribution in [1.82, 2.24) is 0 Å². The zero-order valence-corrected chi connectivity index (χ0v) is 10.7. The van der Waals surface area contributed by atoms with Gasteiger partial charge in [-0.3, -0.25) is 4.79 Å². The van der Waals surface area contributed by atoms with Gasteiger partial charge in [0, 0.05) is 11.6 Å². The number of hydrogen-bond acceptors (Lipinski definition) is 4. The molecular weight excluding hydrogens is 250 g/mol. The van der Waals surface area contributed by atoms with Gasteiger partial charge in [0.1, 0.15) is 6.61 Å². The number of hydrogen-bond donors (Lipinski definition) is 2. The normalized spacial score (nSPS) is 10.9. The van der Waals surface area contributed by atoms with Crippen LogP contribution in [0.3, 0.4) is 0 Å². The van der Waals surface area contributed by atoms with Crippen LogP contribution in [0.1, 0.15) is 17.3 Å². The van der Waals surface area contributed by atoms with Crippen molar-refractivity contribution in [1.29, 1.82) is 0 Å². The van der Waals surface area contributed by atoms with Gasteiger partial charge in [-0.25, -0.2) is 4.79 Å². The van der Waals surface area contributed by atoms with Crippen LogP contribution in [-0.2, 0) is 4.79 Å². The third-order valence-electron chi connectivity index (χ3n) is 2.27. The fourth-order valence-electron chi connectivity index (χ4n) is 1.38. The monoisotopic (exact) mass is 265 g/mol. The van der Waals surface area contributed by atoms with E-state index in [9.17, 15) is 9.59 Å². The van der Waals surface area contributed by atoms with Gasteiger partial charge in [-0.15, -0.1) is 0 Å². The van der Waals surface area contributed by atoms with E-state index in [2.05, 4.69) is 0 Å². The zero-order valence-electron chi connectivity index (χ0n) is 10.7. The minimum absolute atomic E-state index is 0.110. The van der Waals surface area contributed by atoms with E-state index in [1.807, 2.05) is 0 Å². The number of carbonyl (C=O) groups excluding carboxylic acids is 1. The standard InChI is InChI=1S/C13H15NO5/c1-8(5-12(15)16)7-19-10-4-3-9(13(14)17)6-11(10)18-2/h3-6H,7H2,1-2H3,(H2,14,17)(H,15,16). The number of rotatable bonds is 6. The molecule has 6 heteroatoms. The van der Waals surface area contributed by atoms with E-state index < -0.39 is 11.9 Å². The predicted molar refractivity (Wildman–Crippen MR) is 68.4 cm³/mol. The number of benzene rings is 1. The molecule has 0 radical (unpaired) electrons. The molecule has 0 unspecified atom stereocenters. The molecule has 0 aromatic heterocycles. The highest BCUT2D eigenvalue weighted by Crippen LogP contribution is 2.28. The van der Waals surface area contributed by atoms with Crippen molar-refractivity contribution in [3.8, 4) is 11.5 Å². The van der Waals surface area contributed by atoms with Crippen molar-refractivity contribution < 1.29 is 24.2 Å². The summed E-state index contributed by atoms with van der Waals surface area (Å²) in [4.78, 5) is 21.5. The fourth-order valence-corrected chi connectivity index (χ4v) is 1.38. The lowest BCUT2D eigenvalue weighted by Gasteiger charge is -2.11. The van der Waals surface area contributed by atoms with Gasteiger partial charge in [0.2, 0.25) is 5.91 Å². The molecule has 0 saturated heterocycles. The Morgan fingerprint density at radius 3 is 2.58 bits per heavy atom. The topological polar surface area (TPSA) is 98.9 Å². The first-order chi connectivity index (χ1) is 8.93. The molecular formula is C13H15NO5. The summed E-state index contributed by atoms with van der Waals surface area (Å²) in [5.74, 6) is -0.825. The molecule has 102 valence electrons. The van der Waals surface area contributed by atoms with Crippen LogP contribution in [-0.4, -0.2) is 30.7 Å². The van der Waals surface area contributed by atoms with E-state index in [0.717, 1.165) is 6.08 Å². The highest BCUT2D eigenvalue weighted by molar-refractivity contribution is 5.93. The molecule has 19 heavy (non-hydrogen) atoms. The van der Waals surface area contributed by atoms with Crippen molar-refractivity contribution >= 4 is 11.9 Å². The molecule has 0 saturated carbocycles.